The second-order valence-electron chi connectivity index (χ2n) is 5.59. The molecule has 3 N–H and O–H groups in total. The van der Waals surface area contributed by atoms with E-state index >= 15 is 0 Å². The van der Waals surface area contributed by atoms with E-state index in [0.717, 1.165) is 11.6 Å². The minimum absolute atomic E-state index is 0.268. The maximum Gasteiger partial charge on any atom is 0.191 e. The number of hydrogen-bond donors (Lipinski definition) is 3. The highest BCUT2D eigenvalue weighted by atomic mass is 16.4. The highest BCUT2D eigenvalue weighted by Crippen LogP contribution is 2.21. The van der Waals surface area contributed by atoms with Crippen molar-refractivity contribution in [2.24, 2.45) is 12.0 Å². The maximum atomic E-state index is 10.5. The normalized spacial score (nSPS) is 14.6. The lowest BCUT2D eigenvalue weighted by Gasteiger charge is -2.22. The third-order valence-electron chi connectivity index (χ3n) is 3.40. The molecule has 0 aliphatic rings. The molecule has 1 atom stereocenters. The van der Waals surface area contributed by atoms with Crippen LogP contribution in [-0.2, 0) is 19.2 Å². The molecule has 2 rings (SSSR count). The highest BCUT2D eigenvalue weighted by molar-refractivity contribution is 5.79. The Balaban J connectivity index is 2.00. The average Bonchev–Trinajstić information content (AvgIpc) is 3.11. The van der Waals surface area contributed by atoms with Crippen molar-refractivity contribution in [2.45, 2.75) is 32.9 Å². The van der Waals surface area contributed by atoms with E-state index in [9.17, 15) is 5.11 Å². The fraction of sp³-hybridized carbons (Fsp3) is 0.533. The van der Waals surface area contributed by atoms with E-state index in [1.165, 1.54) is 0 Å². The largest absolute Gasteiger partial charge is 0.463 e. The number of nitrogens with zero attached hydrogens (tertiary/aromatic N) is 4. The van der Waals surface area contributed by atoms with Crippen molar-refractivity contribution < 1.29 is 9.52 Å². The van der Waals surface area contributed by atoms with Gasteiger partial charge in [-0.1, -0.05) is 0 Å². The highest BCUT2D eigenvalue weighted by Gasteiger charge is 2.27. The quantitative estimate of drug-likeness (QED) is 0.534. The topological polar surface area (TPSA) is 100 Å². The Labute approximate surface area is 135 Å². The van der Waals surface area contributed by atoms with Crippen molar-refractivity contribution in [3.05, 3.63) is 35.8 Å². The SMILES string of the molecule is CCNC(=NCc1nncn1C)NCC(C)(O)c1ccc(C)o1. The average molecular weight is 320 g/mol. The zero-order valence-electron chi connectivity index (χ0n) is 14.0. The first-order valence-corrected chi connectivity index (χ1v) is 7.56. The molecule has 2 aromatic heterocycles. The molecule has 8 heteroatoms. The van der Waals surface area contributed by atoms with Crippen LogP contribution in [0.2, 0.25) is 0 Å². The summed E-state index contributed by atoms with van der Waals surface area (Å²) >= 11 is 0. The van der Waals surface area contributed by atoms with Crippen molar-refractivity contribution in [3.8, 4) is 0 Å². The lowest BCUT2D eigenvalue weighted by atomic mass is 10.0. The Morgan fingerprint density at radius 1 is 1.43 bits per heavy atom. The van der Waals surface area contributed by atoms with E-state index in [1.807, 2.05) is 31.5 Å². The molecule has 1 unspecified atom stereocenters. The molecule has 0 saturated heterocycles. The van der Waals surface area contributed by atoms with Gasteiger partial charge in [0.15, 0.2) is 11.8 Å². The Morgan fingerprint density at radius 3 is 2.78 bits per heavy atom. The van der Waals surface area contributed by atoms with Gasteiger partial charge < -0.3 is 24.7 Å². The van der Waals surface area contributed by atoms with Crippen LogP contribution < -0.4 is 10.6 Å². The molecule has 0 aliphatic carbocycles. The molecule has 0 aromatic carbocycles. The van der Waals surface area contributed by atoms with Gasteiger partial charge in [-0.3, -0.25) is 0 Å². The lowest BCUT2D eigenvalue weighted by Crippen LogP contribution is -2.44. The van der Waals surface area contributed by atoms with E-state index in [1.54, 1.807) is 19.3 Å². The van der Waals surface area contributed by atoms with Crippen LogP contribution in [0.1, 0.15) is 31.2 Å². The third-order valence-corrected chi connectivity index (χ3v) is 3.40. The van der Waals surface area contributed by atoms with Crippen LogP contribution in [0.5, 0.6) is 0 Å². The van der Waals surface area contributed by atoms with Crippen LogP contribution in [0.4, 0.5) is 0 Å². The molecule has 0 bridgehead atoms. The Kier molecular flexibility index (Phi) is 5.38. The number of rotatable bonds is 6. The first-order chi connectivity index (χ1) is 10.9. The van der Waals surface area contributed by atoms with Gasteiger partial charge in [-0.15, -0.1) is 10.2 Å². The molecular formula is C15H24N6O2. The van der Waals surface area contributed by atoms with Gasteiger partial charge in [0.05, 0.1) is 6.54 Å². The minimum atomic E-state index is -1.13. The van der Waals surface area contributed by atoms with Gasteiger partial charge in [0, 0.05) is 13.6 Å². The second kappa shape index (κ2) is 7.28. The number of hydrogen-bond acceptors (Lipinski definition) is 5. The summed E-state index contributed by atoms with van der Waals surface area (Å²) in [6, 6.07) is 3.61. The van der Waals surface area contributed by atoms with Gasteiger partial charge in [-0.25, -0.2) is 4.99 Å². The Bertz CT molecular complexity index is 658. The fourth-order valence-electron chi connectivity index (χ4n) is 2.01. The summed E-state index contributed by atoms with van der Waals surface area (Å²) in [5.41, 5.74) is -1.13. The van der Waals surface area contributed by atoms with E-state index in [4.69, 9.17) is 4.42 Å². The maximum absolute atomic E-state index is 10.5. The lowest BCUT2D eigenvalue weighted by molar-refractivity contribution is 0.0378. The van der Waals surface area contributed by atoms with E-state index in [-0.39, 0.29) is 6.54 Å². The number of aliphatic hydroxyl groups is 1. The minimum Gasteiger partial charge on any atom is -0.463 e. The monoisotopic (exact) mass is 320 g/mol. The molecule has 0 fully saturated rings. The smallest absolute Gasteiger partial charge is 0.191 e. The number of nitrogens with one attached hydrogen (secondary N) is 2. The number of guanidine groups is 1. The van der Waals surface area contributed by atoms with Gasteiger partial charge in [-0.05, 0) is 32.9 Å². The molecule has 2 heterocycles. The standard InChI is InChI=1S/C15H24N6O2/c1-5-16-14(17-8-13-20-19-10-21(13)4)18-9-15(3,22)12-7-6-11(2)23-12/h6-7,10,22H,5,8-9H2,1-4H3,(H2,16,17,18). The first kappa shape index (κ1) is 17.0. The summed E-state index contributed by atoms with van der Waals surface area (Å²) in [4.78, 5) is 4.45. The van der Waals surface area contributed by atoms with Crippen molar-refractivity contribution >= 4 is 5.96 Å². The van der Waals surface area contributed by atoms with Gasteiger partial charge in [0.2, 0.25) is 0 Å². The summed E-state index contributed by atoms with van der Waals surface area (Å²) in [5, 5.41) is 24.6. The van der Waals surface area contributed by atoms with Gasteiger partial charge >= 0.3 is 0 Å². The Morgan fingerprint density at radius 2 is 2.22 bits per heavy atom. The predicted octanol–water partition coefficient (Wildman–Crippen LogP) is 0.679. The molecule has 126 valence electrons. The van der Waals surface area contributed by atoms with Crippen LogP contribution in [0.25, 0.3) is 0 Å². The number of aliphatic imine (C=N–C) groups is 1. The van der Waals surface area contributed by atoms with E-state index < -0.39 is 5.60 Å². The molecule has 0 amide bonds. The summed E-state index contributed by atoms with van der Waals surface area (Å²) in [6.07, 6.45) is 1.63. The Hall–Kier alpha value is -2.35. The molecule has 0 aliphatic heterocycles. The summed E-state index contributed by atoms with van der Waals surface area (Å²) in [5.74, 6) is 2.64. The third kappa shape index (κ3) is 4.56. The van der Waals surface area contributed by atoms with E-state index in [2.05, 4.69) is 25.8 Å². The summed E-state index contributed by atoms with van der Waals surface area (Å²) in [7, 11) is 1.87. The zero-order chi connectivity index (χ0) is 16.9. The van der Waals surface area contributed by atoms with Gasteiger partial charge in [0.25, 0.3) is 0 Å². The predicted molar refractivity (Wildman–Crippen MR) is 86.8 cm³/mol. The number of aromatic nitrogens is 3. The molecule has 23 heavy (non-hydrogen) atoms. The van der Waals surface area contributed by atoms with Crippen molar-refractivity contribution in [2.75, 3.05) is 13.1 Å². The van der Waals surface area contributed by atoms with Crippen LogP contribution in [-0.4, -0.2) is 38.9 Å². The molecule has 2 aromatic rings. The van der Waals surface area contributed by atoms with Crippen molar-refractivity contribution in [1.29, 1.82) is 0 Å². The molecular weight excluding hydrogens is 296 g/mol. The van der Waals surface area contributed by atoms with E-state index in [0.29, 0.717) is 24.8 Å². The fourth-order valence-corrected chi connectivity index (χ4v) is 2.01. The summed E-state index contributed by atoms with van der Waals surface area (Å²) < 4.78 is 7.32. The number of furan rings is 1. The molecule has 0 radical (unpaired) electrons. The van der Waals surface area contributed by atoms with Gasteiger partial charge in [-0.2, -0.15) is 0 Å². The summed E-state index contributed by atoms with van der Waals surface area (Å²) in [6.45, 7) is 6.91. The second-order valence-corrected chi connectivity index (χ2v) is 5.59. The number of aryl methyl sites for hydroxylation is 2. The van der Waals surface area contributed by atoms with Crippen LogP contribution >= 0.6 is 0 Å². The van der Waals surface area contributed by atoms with Crippen molar-refractivity contribution in [3.63, 3.8) is 0 Å². The van der Waals surface area contributed by atoms with Gasteiger partial charge in [0.1, 0.15) is 30.0 Å². The van der Waals surface area contributed by atoms with Crippen molar-refractivity contribution in [1.82, 2.24) is 25.4 Å². The van der Waals surface area contributed by atoms with Crippen LogP contribution in [0, 0.1) is 6.92 Å². The van der Waals surface area contributed by atoms with Crippen LogP contribution in [0.3, 0.4) is 0 Å². The molecule has 0 saturated carbocycles. The molecule has 0 spiro atoms. The molecule has 8 nitrogen and oxygen atoms in total. The first-order valence-electron chi connectivity index (χ1n) is 7.56. The van der Waals surface area contributed by atoms with Crippen LogP contribution in [0.15, 0.2) is 27.9 Å². The zero-order valence-corrected chi connectivity index (χ0v) is 14.0.